The fourth-order valence-corrected chi connectivity index (χ4v) is 5.45. The number of rotatable bonds is 5. The molecule has 3 fully saturated rings. The van der Waals surface area contributed by atoms with E-state index in [1.165, 1.54) is 11.1 Å². The average molecular weight is 393 g/mol. The first-order chi connectivity index (χ1) is 12.4. The van der Waals surface area contributed by atoms with E-state index in [1.807, 2.05) is 13.0 Å². The van der Waals surface area contributed by atoms with Crippen molar-refractivity contribution in [1.82, 2.24) is 19.6 Å². The maximum Gasteiger partial charge on any atom is 0.208 e. The number of hydrogen-bond donors (Lipinski definition) is 1. The van der Waals surface area contributed by atoms with Crippen LogP contribution in [0, 0.1) is 12.8 Å². The number of aromatic nitrogens is 2. The minimum absolute atomic E-state index is 0.291. The van der Waals surface area contributed by atoms with Crippen LogP contribution < -0.4 is 4.72 Å². The van der Waals surface area contributed by atoms with Crippen LogP contribution in [0.15, 0.2) is 23.6 Å². The summed E-state index contributed by atoms with van der Waals surface area (Å²) in [6.45, 7) is 4.45. The van der Waals surface area contributed by atoms with E-state index >= 15 is 0 Å². The molecule has 3 aliphatic heterocycles. The van der Waals surface area contributed by atoms with E-state index in [-0.39, 0.29) is 0 Å². The molecule has 3 saturated heterocycles. The van der Waals surface area contributed by atoms with Crippen molar-refractivity contribution < 1.29 is 8.42 Å². The van der Waals surface area contributed by atoms with Crippen LogP contribution in [-0.2, 0) is 10.0 Å². The first-order valence-corrected chi connectivity index (χ1v) is 11.7. The molecule has 4 unspecified atom stereocenters. The molecule has 3 aliphatic rings. The van der Waals surface area contributed by atoms with Gasteiger partial charge in [0.15, 0.2) is 0 Å². The Morgan fingerprint density at radius 1 is 1.38 bits per heavy atom. The summed E-state index contributed by atoms with van der Waals surface area (Å²) in [6, 6.07) is 6.58. The van der Waals surface area contributed by atoms with Crippen molar-refractivity contribution in [3.8, 4) is 10.6 Å². The molecule has 5 rings (SSSR count). The molecule has 0 spiro atoms. The molecule has 8 heteroatoms. The summed E-state index contributed by atoms with van der Waals surface area (Å²) >= 11 is 1.70. The third-order valence-electron chi connectivity index (χ3n) is 5.47. The molecule has 0 radical (unpaired) electrons. The Morgan fingerprint density at radius 3 is 2.88 bits per heavy atom. The van der Waals surface area contributed by atoms with Crippen LogP contribution in [0.5, 0.6) is 0 Å². The van der Waals surface area contributed by atoms with Crippen molar-refractivity contribution in [2.24, 2.45) is 5.92 Å². The van der Waals surface area contributed by atoms with Gasteiger partial charge < -0.3 is 0 Å². The molecular formula is C18H24N4O2S2. The van der Waals surface area contributed by atoms with Gasteiger partial charge in [0.25, 0.3) is 0 Å². The molecule has 2 aromatic rings. The zero-order valence-electron chi connectivity index (χ0n) is 15.1. The van der Waals surface area contributed by atoms with E-state index in [1.54, 1.807) is 11.3 Å². The van der Waals surface area contributed by atoms with Gasteiger partial charge >= 0.3 is 0 Å². The van der Waals surface area contributed by atoms with E-state index in [0.717, 1.165) is 43.1 Å². The van der Waals surface area contributed by atoms with Gasteiger partial charge in [0, 0.05) is 30.7 Å². The lowest BCUT2D eigenvalue weighted by Gasteiger charge is -2.49. The lowest BCUT2D eigenvalue weighted by atomic mass is 9.74. The van der Waals surface area contributed by atoms with Gasteiger partial charge in [0.1, 0.15) is 5.82 Å². The fraction of sp³-hybridized carbons (Fsp3) is 0.556. The highest BCUT2D eigenvalue weighted by molar-refractivity contribution is 7.88. The molecule has 0 amide bonds. The van der Waals surface area contributed by atoms with Gasteiger partial charge in [0.2, 0.25) is 10.0 Å². The number of thiophene rings is 1. The Morgan fingerprint density at radius 2 is 2.23 bits per heavy atom. The molecular weight excluding hydrogens is 368 g/mol. The zero-order chi connectivity index (χ0) is 18.3. The van der Waals surface area contributed by atoms with Crippen LogP contribution in [0.2, 0.25) is 0 Å². The standard InChI is InChI=1S/C18H24N4O2S2/c1-12-20-16(9-17(21-12)18-4-3-7-25-18)15-11-22-6-5-13(15)8-14(22)10-19-26(2,23)24/h3-4,7,9,13-15,19H,5-6,8,10-11H2,1-2H3. The van der Waals surface area contributed by atoms with Gasteiger partial charge in [-0.2, -0.15) is 0 Å². The van der Waals surface area contributed by atoms with Crippen LogP contribution in [0.1, 0.15) is 30.3 Å². The lowest BCUT2D eigenvalue weighted by molar-refractivity contribution is 0.0317. The Labute approximate surface area is 158 Å². The van der Waals surface area contributed by atoms with E-state index in [9.17, 15) is 8.42 Å². The maximum atomic E-state index is 11.4. The topological polar surface area (TPSA) is 75.2 Å². The number of aryl methyl sites for hydroxylation is 1. The van der Waals surface area contributed by atoms with Crippen LogP contribution in [-0.4, -0.2) is 55.2 Å². The normalized spacial score (nSPS) is 28.4. The summed E-state index contributed by atoms with van der Waals surface area (Å²) < 4.78 is 25.5. The Hall–Kier alpha value is -1.35. The minimum Gasteiger partial charge on any atom is -0.298 e. The van der Waals surface area contributed by atoms with Gasteiger partial charge in [-0.15, -0.1) is 11.3 Å². The molecule has 26 heavy (non-hydrogen) atoms. The van der Waals surface area contributed by atoms with Crippen molar-refractivity contribution in [2.75, 3.05) is 25.9 Å². The van der Waals surface area contributed by atoms with Crippen molar-refractivity contribution >= 4 is 21.4 Å². The molecule has 0 saturated carbocycles. The number of nitrogens with zero attached hydrogens (tertiary/aromatic N) is 3. The molecule has 140 valence electrons. The van der Waals surface area contributed by atoms with Crippen LogP contribution >= 0.6 is 11.3 Å². The molecule has 5 heterocycles. The van der Waals surface area contributed by atoms with E-state index in [2.05, 4.69) is 32.1 Å². The predicted octanol–water partition coefficient (Wildman–Crippen LogP) is 2.24. The highest BCUT2D eigenvalue weighted by atomic mass is 32.2. The van der Waals surface area contributed by atoms with Gasteiger partial charge in [-0.1, -0.05) is 6.07 Å². The summed E-state index contributed by atoms with van der Waals surface area (Å²) in [5.74, 6) is 1.77. The maximum absolute atomic E-state index is 11.4. The molecule has 0 aromatic carbocycles. The predicted molar refractivity (Wildman–Crippen MR) is 104 cm³/mol. The average Bonchev–Trinajstić information content (AvgIpc) is 3.14. The Kier molecular flexibility index (Phi) is 4.85. The minimum atomic E-state index is -3.14. The summed E-state index contributed by atoms with van der Waals surface area (Å²) in [7, 11) is -3.14. The molecule has 6 nitrogen and oxygen atoms in total. The molecule has 1 N–H and O–H groups in total. The third-order valence-corrected chi connectivity index (χ3v) is 7.05. The first-order valence-electron chi connectivity index (χ1n) is 8.97. The van der Waals surface area contributed by atoms with Crippen LogP contribution in [0.3, 0.4) is 0 Å². The van der Waals surface area contributed by atoms with Crippen molar-refractivity contribution in [3.63, 3.8) is 0 Å². The third kappa shape index (κ3) is 3.83. The number of sulfonamides is 1. The van der Waals surface area contributed by atoms with Gasteiger partial charge in [-0.05, 0) is 49.7 Å². The second kappa shape index (κ2) is 6.99. The van der Waals surface area contributed by atoms with E-state index in [4.69, 9.17) is 4.98 Å². The first kappa shape index (κ1) is 18.0. The van der Waals surface area contributed by atoms with Crippen molar-refractivity contribution in [3.05, 3.63) is 35.1 Å². The number of fused-ring (bicyclic) bond motifs is 3. The fourth-order valence-electron chi connectivity index (χ4n) is 4.26. The highest BCUT2D eigenvalue weighted by Crippen LogP contribution is 2.41. The largest absolute Gasteiger partial charge is 0.298 e. The van der Waals surface area contributed by atoms with Gasteiger partial charge in [-0.3, -0.25) is 4.90 Å². The zero-order valence-corrected chi connectivity index (χ0v) is 16.7. The quantitative estimate of drug-likeness (QED) is 0.845. The van der Waals surface area contributed by atoms with Gasteiger partial charge in [-0.25, -0.2) is 23.1 Å². The van der Waals surface area contributed by atoms with Gasteiger partial charge in [0.05, 0.1) is 16.8 Å². The molecule has 4 atom stereocenters. The number of nitrogens with one attached hydrogen (secondary N) is 1. The smallest absolute Gasteiger partial charge is 0.208 e. The Balaban J connectivity index is 1.54. The van der Waals surface area contributed by atoms with E-state index in [0.29, 0.717) is 24.4 Å². The SMILES string of the molecule is Cc1nc(-c2cccs2)cc(C2CN3CCC2CC3CNS(C)(=O)=O)n1. The molecule has 2 aromatic heterocycles. The monoisotopic (exact) mass is 392 g/mol. The second-order valence-corrected chi connectivity index (χ2v) is 10.1. The van der Waals surface area contributed by atoms with E-state index < -0.39 is 10.0 Å². The van der Waals surface area contributed by atoms with Crippen molar-refractivity contribution in [2.45, 2.75) is 31.7 Å². The van der Waals surface area contributed by atoms with Crippen LogP contribution in [0.4, 0.5) is 0 Å². The summed E-state index contributed by atoms with van der Waals surface area (Å²) in [5.41, 5.74) is 2.14. The second-order valence-electron chi connectivity index (χ2n) is 7.36. The molecule has 0 aliphatic carbocycles. The van der Waals surface area contributed by atoms with Crippen molar-refractivity contribution in [1.29, 1.82) is 0 Å². The lowest BCUT2D eigenvalue weighted by Crippen LogP contribution is -2.56. The highest BCUT2D eigenvalue weighted by Gasteiger charge is 2.41. The van der Waals surface area contributed by atoms with Crippen LogP contribution in [0.25, 0.3) is 10.6 Å². The number of piperidine rings is 3. The molecule has 2 bridgehead atoms. The Bertz CT molecular complexity index is 883. The summed E-state index contributed by atoms with van der Waals surface area (Å²) in [5, 5.41) is 2.07. The summed E-state index contributed by atoms with van der Waals surface area (Å²) in [4.78, 5) is 13.0. The summed E-state index contributed by atoms with van der Waals surface area (Å²) in [6.07, 6.45) is 3.39. The number of hydrogen-bond acceptors (Lipinski definition) is 6.